The first-order chi connectivity index (χ1) is 9.47. The third kappa shape index (κ3) is 4.52. The topological polar surface area (TPSA) is 102 Å². The normalized spacial score (nSPS) is 17.9. The molecule has 112 valence electrons. The number of carbonyl (C=O) groups excluding carboxylic acids is 4. The monoisotopic (exact) mass is 286 g/mol. The number of rotatable bonds is 5. The lowest BCUT2D eigenvalue weighted by atomic mass is 9.97. The molecule has 20 heavy (non-hydrogen) atoms. The van der Waals surface area contributed by atoms with Crippen LogP contribution in [-0.2, 0) is 28.7 Å². The molecule has 1 fully saturated rings. The number of nitrogens with one attached hydrogen (secondary N) is 1. The van der Waals surface area contributed by atoms with Crippen LogP contribution in [0, 0.1) is 5.92 Å². The Morgan fingerprint density at radius 2 is 1.75 bits per heavy atom. The molecule has 0 aromatic heterocycles. The standard InChI is InChI=1S/C12H18N2O6/c1-19-10(16)6-14(7-11(17)20-2)12(18)8-3-4-9(15)13-5-8/h8H,3-7H2,1-2H3,(H,13,15). The summed E-state index contributed by atoms with van der Waals surface area (Å²) in [7, 11) is 2.40. The van der Waals surface area contributed by atoms with Crippen LogP contribution in [0.5, 0.6) is 0 Å². The zero-order valence-electron chi connectivity index (χ0n) is 11.5. The molecule has 1 aliphatic rings. The van der Waals surface area contributed by atoms with Crippen molar-refractivity contribution in [1.82, 2.24) is 10.2 Å². The molecular weight excluding hydrogens is 268 g/mol. The molecule has 0 aliphatic carbocycles. The minimum absolute atomic E-state index is 0.110. The van der Waals surface area contributed by atoms with E-state index in [1.807, 2.05) is 0 Å². The summed E-state index contributed by atoms with van der Waals surface area (Å²) in [6.07, 6.45) is 0.643. The molecule has 1 heterocycles. The van der Waals surface area contributed by atoms with E-state index in [0.717, 1.165) is 4.90 Å². The van der Waals surface area contributed by atoms with E-state index in [1.54, 1.807) is 0 Å². The highest BCUT2D eigenvalue weighted by atomic mass is 16.5. The quantitative estimate of drug-likeness (QED) is 0.629. The summed E-state index contributed by atoms with van der Waals surface area (Å²) in [6, 6.07) is 0. The van der Waals surface area contributed by atoms with E-state index in [4.69, 9.17) is 0 Å². The van der Waals surface area contributed by atoms with Crippen LogP contribution in [-0.4, -0.2) is 62.5 Å². The Bertz CT molecular complexity index is 381. The van der Waals surface area contributed by atoms with Gasteiger partial charge in [0.05, 0.1) is 20.1 Å². The van der Waals surface area contributed by atoms with Gasteiger partial charge in [0.1, 0.15) is 13.1 Å². The van der Waals surface area contributed by atoms with Crippen LogP contribution >= 0.6 is 0 Å². The van der Waals surface area contributed by atoms with Gasteiger partial charge in [-0.2, -0.15) is 0 Å². The minimum Gasteiger partial charge on any atom is -0.468 e. The van der Waals surface area contributed by atoms with Crippen LogP contribution in [0.25, 0.3) is 0 Å². The van der Waals surface area contributed by atoms with Crippen molar-refractivity contribution in [3.05, 3.63) is 0 Å². The maximum Gasteiger partial charge on any atom is 0.325 e. The predicted molar refractivity (Wildman–Crippen MR) is 66.3 cm³/mol. The lowest BCUT2D eigenvalue weighted by Crippen LogP contribution is -2.48. The second kappa shape index (κ2) is 7.46. The van der Waals surface area contributed by atoms with Gasteiger partial charge in [0.25, 0.3) is 0 Å². The summed E-state index contributed by atoms with van der Waals surface area (Å²) >= 11 is 0. The van der Waals surface area contributed by atoms with E-state index in [1.165, 1.54) is 14.2 Å². The molecule has 1 N–H and O–H groups in total. The lowest BCUT2D eigenvalue weighted by Gasteiger charge is -2.27. The van der Waals surface area contributed by atoms with Crippen molar-refractivity contribution >= 4 is 23.8 Å². The largest absolute Gasteiger partial charge is 0.468 e. The number of ether oxygens (including phenoxy) is 2. The second-order valence-corrected chi connectivity index (χ2v) is 4.39. The van der Waals surface area contributed by atoms with E-state index in [9.17, 15) is 19.2 Å². The van der Waals surface area contributed by atoms with E-state index in [0.29, 0.717) is 6.42 Å². The van der Waals surface area contributed by atoms with Crippen molar-refractivity contribution < 1.29 is 28.7 Å². The molecule has 8 nitrogen and oxygen atoms in total. The fourth-order valence-electron chi connectivity index (χ4n) is 1.85. The van der Waals surface area contributed by atoms with Crippen molar-refractivity contribution in [2.75, 3.05) is 33.9 Å². The summed E-state index contributed by atoms with van der Waals surface area (Å²) in [4.78, 5) is 47.0. The molecule has 1 aliphatic heterocycles. The summed E-state index contributed by atoms with van der Waals surface area (Å²) < 4.78 is 8.99. The number of piperidine rings is 1. The molecule has 2 amide bonds. The number of nitrogens with zero attached hydrogens (tertiary/aromatic N) is 1. The van der Waals surface area contributed by atoms with E-state index < -0.39 is 17.9 Å². The predicted octanol–water partition coefficient (Wildman–Crippen LogP) is -1.31. The molecule has 8 heteroatoms. The van der Waals surface area contributed by atoms with Crippen molar-refractivity contribution in [3.63, 3.8) is 0 Å². The van der Waals surface area contributed by atoms with Gasteiger partial charge in [0.2, 0.25) is 11.8 Å². The van der Waals surface area contributed by atoms with Crippen LogP contribution < -0.4 is 5.32 Å². The molecule has 0 aromatic rings. The second-order valence-electron chi connectivity index (χ2n) is 4.39. The summed E-state index contributed by atoms with van der Waals surface area (Å²) in [5.41, 5.74) is 0. The molecule has 0 bridgehead atoms. The van der Waals surface area contributed by atoms with Crippen LogP contribution in [0.3, 0.4) is 0 Å². The van der Waals surface area contributed by atoms with Gasteiger partial charge in [-0.25, -0.2) is 0 Å². The Balaban J connectivity index is 2.69. The molecular formula is C12H18N2O6. The van der Waals surface area contributed by atoms with Crippen LogP contribution in [0.4, 0.5) is 0 Å². The van der Waals surface area contributed by atoms with Crippen molar-refractivity contribution in [2.45, 2.75) is 12.8 Å². The molecule has 1 unspecified atom stereocenters. The summed E-state index contributed by atoms with van der Waals surface area (Å²) in [5, 5.41) is 2.58. The Hall–Kier alpha value is -2.12. The molecule has 0 aromatic carbocycles. The number of methoxy groups -OCH3 is 2. The molecule has 1 saturated heterocycles. The smallest absolute Gasteiger partial charge is 0.325 e. The highest BCUT2D eigenvalue weighted by Gasteiger charge is 2.30. The first kappa shape index (κ1) is 15.9. The molecule has 0 saturated carbocycles. The maximum absolute atomic E-state index is 12.3. The van der Waals surface area contributed by atoms with Gasteiger partial charge in [-0.1, -0.05) is 0 Å². The average Bonchev–Trinajstić information content (AvgIpc) is 2.46. The van der Waals surface area contributed by atoms with E-state index in [-0.39, 0.29) is 37.9 Å². The van der Waals surface area contributed by atoms with E-state index in [2.05, 4.69) is 14.8 Å². The zero-order chi connectivity index (χ0) is 15.1. The van der Waals surface area contributed by atoms with Gasteiger partial charge in [-0.3, -0.25) is 19.2 Å². The fourth-order valence-corrected chi connectivity index (χ4v) is 1.85. The first-order valence-corrected chi connectivity index (χ1v) is 6.17. The van der Waals surface area contributed by atoms with Crippen LogP contribution in [0.15, 0.2) is 0 Å². The molecule has 0 spiro atoms. The van der Waals surface area contributed by atoms with Crippen LogP contribution in [0.2, 0.25) is 0 Å². The fraction of sp³-hybridized carbons (Fsp3) is 0.667. The van der Waals surface area contributed by atoms with Gasteiger partial charge >= 0.3 is 11.9 Å². The minimum atomic E-state index is -0.623. The Morgan fingerprint density at radius 1 is 1.20 bits per heavy atom. The zero-order valence-corrected chi connectivity index (χ0v) is 11.5. The van der Waals surface area contributed by atoms with Crippen LogP contribution in [0.1, 0.15) is 12.8 Å². The summed E-state index contributed by atoms with van der Waals surface area (Å²) in [6.45, 7) is -0.444. The van der Waals surface area contributed by atoms with Gasteiger partial charge in [0.15, 0.2) is 0 Å². The molecule has 0 radical (unpaired) electrons. The van der Waals surface area contributed by atoms with Gasteiger partial charge < -0.3 is 19.7 Å². The van der Waals surface area contributed by atoms with Gasteiger partial charge in [-0.05, 0) is 6.42 Å². The number of hydrogen-bond acceptors (Lipinski definition) is 6. The maximum atomic E-state index is 12.3. The highest BCUT2D eigenvalue weighted by Crippen LogP contribution is 2.14. The average molecular weight is 286 g/mol. The molecule has 1 rings (SSSR count). The summed E-state index contributed by atoms with van der Waals surface area (Å²) in [5.74, 6) is -2.17. The van der Waals surface area contributed by atoms with Crippen molar-refractivity contribution in [2.24, 2.45) is 5.92 Å². The van der Waals surface area contributed by atoms with Crippen molar-refractivity contribution in [3.8, 4) is 0 Å². The number of amides is 2. The van der Waals surface area contributed by atoms with E-state index >= 15 is 0 Å². The third-order valence-corrected chi connectivity index (χ3v) is 3.02. The Labute approximate surface area is 116 Å². The number of carbonyl (C=O) groups is 4. The Morgan fingerprint density at radius 3 is 2.15 bits per heavy atom. The van der Waals surface area contributed by atoms with Gasteiger partial charge in [-0.15, -0.1) is 0 Å². The number of esters is 2. The molecule has 1 atom stereocenters. The van der Waals surface area contributed by atoms with Gasteiger partial charge in [0, 0.05) is 13.0 Å². The third-order valence-electron chi connectivity index (χ3n) is 3.02. The first-order valence-electron chi connectivity index (χ1n) is 6.17. The SMILES string of the molecule is COC(=O)CN(CC(=O)OC)C(=O)C1CCC(=O)NC1. The Kier molecular flexibility index (Phi) is 5.95. The van der Waals surface area contributed by atoms with Crippen molar-refractivity contribution in [1.29, 1.82) is 0 Å². The number of hydrogen-bond donors (Lipinski definition) is 1. The highest BCUT2D eigenvalue weighted by molar-refractivity contribution is 5.89. The lowest BCUT2D eigenvalue weighted by molar-refractivity contribution is -0.154.